The highest BCUT2D eigenvalue weighted by molar-refractivity contribution is 7.90. The van der Waals surface area contributed by atoms with E-state index in [-0.39, 0.29) is 17.3 Å². The number of anilines is 1. The smallest absolute Gasteiger partial charge is 0.268 e. The summed E-state index contributed by atoms with van der Waals surface area (Å²) in [7, 11) is -3.66. The quantitative estimate of drug-likeness (QED) is 0.695. The molecule has 27 heavy (non-hydrogen) atoms. The topological polar surface area (TPSA) is 54.3 Å². The Morgan fingerprint density at radius 1 is 1.07 bits per heavy atom. The number of halogens is 2. The monoisotopic (exact) mass is 425 g/mol. The highest BCUT2D eigenvalue weighted by Gasteiger charge is 2.23. The Bertz CT molecular complexity index is 1070. The van der Waals surface area contributed by atoms with E-state index in [0.717, 1.165) is 42.8 Å². The minimum atomic E-state index is -3.66. The van der Waals surface area contributed by atoms with E-state index in [4.69, 9.17) is 11.6 Å². The third-order valence-electron chi connectivity index (χ3n) is 4.74. The number of hydrogen-bond donors (Lipinski definition) is 1. The van der Waals surface area contributed by atoms with Crippen LogP contribution >= 0.6 is 24.0 Å². The molecule has 1 aliphatic heterocycles. The summed E-state index contributed by atoms with van der Waals surface area (Å²) in [5.41, 5.74) is 2.46. The molecule has 1 fully saturated rings. The summed E-state index contributed by atoms with van der Waals surface area (Å²) in [4.78, 5) is 2.50. The van der Waals surface area contributed by atoms with Crippen molar-refractivity contribution in [3.05, 3.63) is 59.2 Å². The molecule has 0 radical (unpaired) electrons. The van der Waals surface area contributed by atoms with Gasteiger partial charge in [-0.25, -0.2) is 12.4 Å². The van der Waals surface area contributed by atoms with Crippen LogP contribution in [-0.4, -0.2) is 38.6 Å². The van der Waals surface area contributed by atoms with Gasteiger partial charge in [-0.3, -0.25) is 0 Å². The lowest BCUT2D eigenvalue weighted by atomic mass is 10.2. The van der Waals surface area contributed by atoms with E-state index in [2.05, 4.69) is 10.2 Å². The average Bonchev–Trinajstić information content (AvgIpc) is 3.07. The van der Waals surface area contributed by atoms with Crippen molar-refractivity contribution in [1.29, 1.82) is 0 Å². The SMILES string of the molecule is Cc1cccc(S(=O)(=O)n2ccc3c(N4CCNCC4)c(Cl)ccc32)c1.Cl. The molecule has 0 unspecified atom stereocenters. The van der Waals surface area contributed by atoms with Crippen LogP contribution in [0, 0.1) is 6.92 Å². The molecule has 3 aromatic rings. The van der Waals surface area contributed by atoms with Crippen LogP contribution in [0.5, 0.6) is 0 Å². The van der Waals surface area contributed by atoms with Gasteiger partial charge >= 0.3 is 0 Å². The van der Waals surface area contributed by atoms with E-state index in [1.54, 1.807) is 36.5 Å². The first-order valence-corrected chi connectivity index (χ1v) is 10.4. The second-order valence-electron chi connectivity index (χ2n) is 6.50. The second-order valence-corrected chi connectivity index (χ2v) is 8.72. The second kappa shape index (κ2) is 7.72. The summed E-state index contributed by atoms with van der Waals surface area (Å²) in [5.74, 6) is 0. The Kier molecular flexibility index (Phi) is 5.72. The number of nitrogens with zero attached hydrogens (tertiary/aromatic N) is 2. The van der Waals surface area contributed by atoms with Gasteiger partial charge in [-0.05, 0) is 42.8 Å². The number of aromatic nitrogens is 1. The van der Waals surface area contributed by atoms with Gasteiger partial charge in [-0.1, -0.05) is 23.7 Å². The summed E-state index contributed by atoms with van der Waals surface area (Å²) in [6, 6.07) is 12.4. The molecule has 8 heteroatoms. The van der Waals surface area contributed by atoms with Crippen LogP contribution in [0.15, 0.2) is 53.6 Å². The standard InChI is InChI=1S/C19H20ClN3O2S.ClH/c1-14-3-2-4-15(13-14)26(24,25)23-10-7-16-18(23)6-5-17(20)19(16)22-11-8-21-9-12-22;/h2-7,10,13,21H,8-9,11-12H2,1H3;1H. The molecule has 1 saturated heterocycles. The maximum absolute atomic E-state index is 13.1. The summed E-state index contributed by atoms with van der Waals surface area (Å²) < 4.78 is 27.6. The molecule has 144 valence electrons. The van der Waals surface area contributed by atoms with Crippen LogP contribution in [0.25, 0.3) is 10.9 Å². The van der Waals surface area contributed by atoms with E-state index in [9.17, 15) is 8.42 Å². The van der Waals surface area contributed by atoms with E-state index in [1.165, 1.54) is 3.97 Å². The number of benzene rings is 2. The van der Waals surface area contributed by atoms with Crippen LogP contribution in [0.1, 0.15) is 5.56 Å². The van der Waals surface area contributed by atoms with E-state index >= 15 is 0 Å². The minimum Gasteiger partial charge on any atom is -0.367 e. The van der Waals surface area contributed by atoms with Gasteiger partial charge < -0.3 is 10.2 Å². The first-order valence-electron chi connectivity index (χ1n) is 8.56. The maximum atomic E-state index is 13.1. The molecular weight excluding hydrogens is 405 g/mol. The third-order valence-corrected chi connectivity index (χ3v) is 6.73. The maximum Gasteiger partial charge on any atom is 0.268 e. The van der Waals surface area contributed by atoms with Crippen LogP contribution in [0.3, 0.4) is 0 Å². The number of nitrogens with one attached hydrogen (secondary N) is 1. The van der Waals surface area contributed by atoms with Crippen molar-refractivity contribution in [2.45, 2.75) is 11.8 Å². The van der Waals surface area contributed by atoms with Crippen molar-refractivity contribution in [2.24, 2.45) is 0 Å². The summed E-state index contributed by atoms with van der Waals surface area (Å²) in [6.45, 7) is 5.34. The normalized spacial score (nSPS) is 15.0. The molecule has 0 saturated carbocycles. The summed E-state index contributed by atoms with van der Waals surface area (Å²) in [5, 5.41) is 4.82. The van der Waals surface area contributed by atoms with Crippen molar-refractivity contribution in [2.75, 3.05) is 31.1 Å². The van der Waals surface area contributed by atoms with Gasteiger partial charge in [0, 0.05) is 37.8 Å². The van der Waals surface area contributed by atoms with Crippen molar-refractivity contribution < 1.29 is 8.42 Å². The first-order chi connectivity index (χ1) is 12.5. The molecule has 0 aliphatic carbocycles. The summed E-state index contributed by atoms with van der Waals surface area (Å²) >= 11 is 6.48. The lowest BCUT2D eigenvalue weighted by Crippen LogP contribution is -2.43. The highest BCUT2D eigenvalue weighted by Crippen LogP contribution is 2.36. The van der Waals surface area contributed by atoms with Crippen molar-refractivity contribution in [3.8, 4) is 0 Å². The molecule has 1 aromatic heterocycles. The van der Waals surface area contributed by atoms with Crippen LogP contribution < -0.4 is 10.2 Å². The van der Waals surface area contributed by atoms with Gasteiger partial charge in [-0.15, -0.1) is 12.4 Å². The zero-order valence-electron chi connectivity index (χ0n) is 14.9. The van der Waals surface area contributed by atoms with Gasteiger partial charge in [0.15, 0.2) is 0 Å². The number of rotatable bonds is 3. The predicted molar refractivity (Wildman–Crippen MR) is 113 cm³/mol. The Balaban J connectivity index is 0.00000210. The lowest BCUT2D eigenvalue weighted by molar-refractivity contribution is 0.588. The number of fused-ring (bicyclic) bond motifs is 1. The molecule has 0 spiro atoms. The zero-order chi connectivity index (χ0) is 18.3. The van der Waals surface area contributed by atoms with Crippen molar-refractivity contribution in [3.63, 3.8) is 0 Å². The Morgan fingerprint density at radius 3 is 2.52 bits per heavy atom. The molecule has 0 bridgehead atoms. The molecule has 1 aliphatic rings. The minimum absolute atomic E-state index is 0. The van der Waals surface area contributed by atoms with Crippen LogP contribution in [0.2, 0.25) is 5.02 Å². The van der Waals surface area contributed by atoms with Crippen molar-refractivity contribution in [1.82, 2.24) is 9.29 Å². The molecular formula is C19H21Cl2N3O2S. The van der Waals surface area contributed by atoms with Gasteiger partial charge in [-0.2, -0.15) is 0 Å². The average molecular weight is 426 g/mol. The first kappa shape index (κ1) is 20.0. The summed E-state index contributed by atoms with van der Waals surface area (Å²) in [6.07, 6.45) is 1.62. The van der Waals surface area contributed by atoms with Gasteiger partial charge in [0.2, 0.25) is 0 Å². The lowest BCUT2D eigenvalue weighted by Gasteiger charge is -2.30. The third kappa shape index (κ3) is 3.55. The largest absolute Gasteiger partial charge is 0.367 e. The van der Waals surface area contributed by atoms with E-state index in [0.29, 0.717) is 10.5 Å². The fourth-order valence-electron chi connectivity index (χ4n) is 3.46. The van der Waals surface area contributed by atoms with E-state index < -0.39 is 10.0 Å². The van der Waals surface area contributed by atoms with Crippen LogP contribution in [0.4, 0.5) is 5.69 Å². The molecule has 0 atom stereocenters. The number of hydrogen-bond acceptors (Lipinski definition) is 4. The molecule has 1 N–H and O–H groups in total. The van der Waals surface area contributed by atoms with Gasteiger partial charge in [0.1, 0.15) is 0 Å². The fraction of sp³-hybridized carbons (Fsp3) is 0.263. The molecule has 4 rings (SSSR count). The Labute approximate surface area is 170 Å². The Hall–Kier alpha value is -1.73. The van der Waals surface area contributed by atoms with Gasteiger partial charge in [0.05, 0.1) is 21.1 Å². The predicted octanol–water partition coefficient (Wildman–Crippen LogP) is 3.67. The van der Waals surface area contributed by atoms with E-state index in [1.807, 2.05) is 19.1 Å². The molecule has 0 amide bonds. The molecule has 2 heterocycles. The Morgan fingerprint density at radius 2 is 1.81 bits per heavy atom. The fourth-order valence-corrected chi connectivity index (χ4v) is 5.19. The van der Waals surface area contributed by atoms with Crippen LogP contribution in [-0.2, 0) is 10.0 Å². The van der Waals surface area contributed by atoms with Crippen molar-refractivity contribution >= 4 is 50.6 Å². The highest BCUT2D eigenvalue weighted by atomic mass is 35.5. The van der Waals surface area contributed by atoms with Gasteiger partial charge in [0.25, 0.3) is 10.0 Å². The number of piperazine rings is 1. The zero-order valence-corrected chi connectivity index (χ0v) is 17.2. The molecule has 2 aromatic carbocycles. The number of aryl methyl sites for hydroxylation is 1. The molecule has 5 nitrogen and oxygen atoms in total.